The summed E-state index contributed by atoms with van der Waals surface area (Å²) in [5.74, 6) is 0. The van der Waals surface area contributed by atoms with Gasteiger partial charge in [-0.25, -0.2) is 0 Å². The van der Waals surface area contributed by atoms with E-state index in [0.717, 1.165) is 6.42 Å². The van der Waals surface area contributed by atoms with Gasteiger partial charge in [-0.1, -0.05) is 34.8 Å². The Kier molecular flexibility index (Phi) is 5.07. The molecular weight excluding hydrogens is 288 g/mol. The second-order valence-corrected chi connectivity index (χ2v) is 6.06. The van der Waals surface area contributed by atoms with Crippen LogP contribution in [0.3, 0.4) is 0 Å². The predicted molar refractivity (Wildman–Crippen MR) is 82.2 cm³/mol. The molecule has 0 radical (unpaired) electrons. The van der Waals surface area contributed by atoms with E-state index < -0.39 is 0 Å². The summed E-state index contributed by atoms with van der Waals surface area (Å²) in [5.41, 5.74) is 8.28. The summed E-state index contributed by atoms with van der Waals surface area (Å²) in [6.07, 6.45) is 6.29. The van der Waals surface area contributed by atoms with Crippen molar-refractivity contribution in [3.8, 4) is 0 Å². The molecule has 0 saturated carbocycles. The fourth-order valence-electron chi connectivity index (χ4n) is 2.73. The van der Waals surface area contributed by atoms with Crippen molar-refractivity contribution in [1.82, 2.24) is 0 Å². The zero-order valence-corrected chi connectivity index (χ0v) is 12.7. The average molecular weight is 311 g/mol. The lowest BCUT2D eigenvalue weighted by atomic mass is 10.1. The highest BCUT2D eigenvalue weighted by Gasteiger charge is 2.17. The Bertz CT molecular complexity index is 392. The van der Waals surface area contributed by atoms with Gasteiger partial charge < -0.3 is 10.6 Å². The van der Waals surface area contributed by atoms with Crippen LogP contribution in [0.4, 0.5) is 5.69 Å². The molecule has 2 N–H and O–H groups in total. The largest absolute Gasteiger partial charge is 0.369 e. The molecule has 1 unspecified atom stereocenters. The number of hydrogen-bond acceptors (Lipinski definition) is 2. The summed E-state index contributed by atoms with van der Waals surface area (Å²) >= 11 is 3.67. The van der Waals surface area contributed by atoms with Crippen molar-refractivity contribution < 1.29 is 0 Å². The summed E-state index contributed by atoms with van der Waals surface area (Å²) < 4.78 is 1.20. The molecule has 1 fully saturated rings. The van der Waals surface area contributed by atoms with E-state index >= 15 is 0 Å². The van der Waals surface area contributed by atoms with E-state index in [-0.39, 0.29) is 0 Å². The molecule has 1 atom stereocenters. The van der Waals surface area contributed by atoms with Crippen LogP contribution in [0.5, 0.6) is 0 Å². The summed E-state index contributed by atoms with van der Waals surface area (Å²) in [6.45, 7) is 4.23. The first kappa shape index (κ1) is 13.9. The highest BCUT2D eigenvalue weighted by Crippen LogP contribution is 2.28. The lowest BCUT2D eigenvalue weighted by molar-refractivity contribution is 0.616. The van der Waals surface area contributed by atoms with Crippen LogP contribution in [0.2, 0.25) is 0 Å². The molecule has 1 aliphatic rings. The Morgan fingerprint density at radius 3 is 2.89 bits per heavy atom. The average Bonchev–Trinajstić information content (AvgIpc) is 2.57. The summed E-state index contributed by atoms with van der Waals surface area (Å²) in [4.78, 5) is 2.55. The van der Waals surface area contributed by atoms with Gasteiger partial charge in [0, 0.05) is 22.7 Å². The first-order valence-electron chi connectivity index (χ1n) is 6.97. The van der Waals surface area contributed by atoms with Crippen molar-refractivity contribution in [2.75, 3.05) is 18.0 Å². The molecule has 3 heteroatoms. The van der Waals surface area contributed by atoms with Crippen LogP contribution in [-0.2, 0) is 6.42 Å². The third-order valence-corrected chi connectivity index (χ3v) is 4.57. The minimum absolute atomic E-state index is 0.653. The highest BCUT2D eigenvalue weighted by molar-refractivity contribution is 9.10. The molecule has 0 aliphatic carbocycles. The van der Waals surface area contributed by atoms with E-state index in [2.05, 4.69) is 46.0 Å². The standard InChI is InChI=1S/C15H23BrN2/c1-12-5-3-2-4-10-18(12)14-7-6-13(8-9-17)15(16)11-14/h6-7,11-12H,2-5,8-10,17H2,1H3. The molecule has 0 aromatic heterocycles. The van der Waals surface area contributed by atoms with Crippen LogP contribution >= 0.6 is 15.9 Å². The van der Waals surface area contributed by atoms with E-state index in [1.165, 1.54) is 48.0 Å². The molecule has 0 bridgehead atoms. The fraction of sp³-hybridized carbons (Fsp3) is 0.600. The number of rotatable bonds is 3. The molecule has 1 heterocycles. The quantitative estimate of drug-likeness (QED) is 0.922. The normalized spacial score (nSPS) is 20.8. The minimum Gasteiger partial charge on any atom is -0.369 e. The topological polar surface area (TPSA) is 29.3 Å². The lowest BCUT2D eigenvalue weighted by Crippen LogP contribution is -2.32. The second-order valence-electron chi connectivity index (χ2n) is 5.21. The number of anilines is 1. The van der Waals surface area contributed by atoms with Crippen LogP contribution in [-0.4, -0.2) is 19.1 Å². The molecule has 2 rings (SSSR count). The minimum atomic E-state index is 0.653. The van der Waals surface area contributed by atoms with E-state index in [9.17, 15) is 0 Å². The zero-order chi connectivity index (χ0) is 13.0. The maximum absolute atomic E-state index is 5.62. The third-order valence-electron chi connectivity index (χ3n) is 3.83. The van der Waals surface area contributed by atoms with Gasteiger partial charge >= 0.3 is 0 Å². The number of nitrogens with two attached hydrogens (primary N) is 1. The number of hydrogen-bond donors (Lipinski definition) is 1. The van der Waals surface area contributed by atoms with Crippen molar-refractivity contribution >= 4 is 21.6 Å². The molecular formula is C15H23BrN2. The Balaban J connectivity index is 2.19. The van der Waals surface area contributed by atoms with Gasteiger partial charge in [0.2, 0.25) is 0 Å². The molecule has 0 amide bonds. The summed E-state index contributed by atoms with van der Waals surface area (Å²) in [5, 5.41) is 0. The molecule has 1 aromatic rings. The fourth-order valence-corrected chi connectivity index (χ4v) is 3.30. The van der Waals surface area contributed by atoms with Crippen LogP contribution in [0.25, 0.3) is 0 Å². The Morgan fingerprint density at radius 2 is 2.17 bits per heavy atom. The first-order valence-corrected chi connectivity index (χ1v) is 7.77. The molecule has 100 valence electrons. The van der Waals surface area contributed by atoms with Gasteiger partial charge in [-0.05, 0) is 50.4 Å². The van der Waals surface area contributed by atoms with Crippen LogP contribution in [0.15, 0.2) is 22.7 Å². The van der Waals surface area contributed by atoms with Crippen molar-refractivity contribution in [3.63, 3.8) is 0 Å². The van der Waals surface area contributed by atoms with Gasteiger partial charge in [-0.2, -0.15) is 0 Å². The molecule has 1 aromatic carbocycles. The molecule has 1 saturated heterocycles. The van der Waals surface area contributed by atoms with Gasteiger partial charge in [0.05, 0.1) is 0 Å². The SMILES string of the molecule is CC1CCCCCN1c1ccc(CCN)c(Br)c1. The third kappa shape index (κ3) is 3.27. The monoisotopic (exact) mass is 310 g/mol. The lowest BCUT2D eigenvalue weighted by Gasteiger charge is -2.30. The van der Waals surface area contributed by atoms with Crippen molar-refractivity contribution in [2.45, 2.75) is 45.1 Å². The van der Waals surface area contributed by atoms with E-state index in [4.69, 9.17) is 5.73 Å². The second kappa shape index (κ2) is 6.58. The molecule has 0 spiro atoms. The van der Waals surface area contributed by atoms with Crippen LogP contribution in [0, 0.1) is 0 Å². The maximum atomic E-state index is 5.62. The van der Waals surface area contributed by atoms with Gasteiger partial charge in [0.25, 0.3) is 0 Å². The molecule has 18 heavy (non-hydrogen) atoms. The van der Waals surface area contributed by atoms with E-state index in [0.29, 0.717) is 12.6 Å². The maximum Gasteiger partial charge on any atom is 0.0380 e. The zero-order valence-electron chi connectivity index (χ0n) is 11.2. The number of nitrogens with zero attached hydrogens (tertiary/aromatic N) is 1. The van der Waals surface area contributed by atoms with E-state index in [1.54, 1.807) is 0 Å². The predicted octanol–water partition coefficient (Wildman–Crippen LogP) is 3.72. The Hall–Kier alpha value is -0.540. The highest BCUT2D eigenvalue weighted by atomic mass is 79.9. The molecule has 2 nitrogen and oxygen atoms in total. The van der Waals surface area contributed by atoms with Gasteiger partial charge in [-0.15, -0.1) is 0 Å². The van der Waals surface area contributed by atoms with Gasteiger partial charge in [-0.3, -0.25) is 0 Å². The first-order chi connectivity index (χ1) is 8.72. The van der Waals surface area contributed by atoms with Crippen molar-refractivity contribution in [1.29, 1.82) is 0 Å². The van der Waals surface area contributed by atoms with Gasteiger partial charge in [0.15, 0.2) is 0 Å². The number of halogens is 1. The number of benzene rings is 1. The summed E-state index contributed by atoms with van der Waals surface area (Å²) in [6, 6.07) is 7.37. The van der Waals surface area contributed by atoms with Gasteiger partial charge in [0.1, 0.15) is 0 Å². The van der Waals surface area contributed by atoms with Crippen LogP contribution in [0.1, 0.15) is 38.2 Å². The Morgan fingerprint density at radius 1 is 1.33 bits per heavy atom. The summed E-state index contributed by atoms with van der Waals surface area (Å²) in [7, 11) is 0. The van der Waals surface area contributed by atoms with Crippen molar-refractivity contribution in [2.24, 2.45) is 5.73 Å². The Labute approximate surface area is 119 Å². The van der Waals surface area contributed by atoms with E-state index in [1.807, 2.05) is 0 Å². The molecule has 1 aliphatic heterocycles. The van der Waals surface area contributed by atoms with Crippen LogP contribution < -0.4 is 10.6 Å². The smallest absolute Gasteiger partial charge is 0.0380 e. The van der Waals surface area contributed by atoms with Crippen molar-refractivity contribution in [3.05, 3.63) is 28.2 Å².